The minimum Gasteiger partial charge on any atom is -0.492 e. The zero-order valence-electron chi connectivity index (χ0n) is 16.9. The highest BCUT2D eigenvalue weighted by Gasteiger charge is 2.17. The standard InChI is InChI=1S/C22H31ClN2O2/c1-5-9-17(6-2)27-22-20(8-4)24-21(19(7-3)25-22)16-10-12-18(13-11-16)26-15-14-23/h10-13,17H,5-9,14-15H2,1-4H3. The summed E-state index contributed by atoms with van der Waals surface area (Å²) in [5.74, 6) is 1.98. The monoisotopic (exact) mass is 390 g/mol. The number of nitrogens with zero attached hydrogens (tertiary/aromatic N) is 2. The van der Waals surface area contributed by atoms with E-state index in [0.29, 0.717) is 18.4 Å². The van der Waals surface area contributed by atoms with E-state index < -0.39 is 0 Å². The van der Waals surface area contributed by atoms with E-state index in [1.165, 1.54) is 0 Å². The maximum atomic E-state index is 6.22. The molecule has 27 heavy (non-hydrogen) atoms. The topological polar surface area (TPSA) is 44.2 Å². The van der Waals surface area contributed by atoms with Crippen molar-refractivity contribution in [2.24, 2.45) is 0 Å². The van der Waals surface area contributed by atoms with E-state index in [1.807, 2.05) is 24.3 Å². The van der Waals surface area contributed by atoms with Gasteiger partial charge in [0.15, 0.2) is 0 Å². The van der Waals surface area contributed by atoms with Crippen LogP contribution in [0.4, 0.5) is 0 Å². The minimum absolute atomic E-state index is 0.198. The largest absolute Gasteiger partial charge is 0.492 e. The Kier molecular flexibility index (Phi) is 8.86. The van der Waals surface area contributed by atoms with Crippen molar-refractivity contribution in [2.45, 2.75) is 65.9 Å². The highest BCUT2D eigenvalue weighted by Crippen LogP contribution is 2.28. The Balaban J connectivity index is 2.34. The third-order valence-corrected chi connectivity index (χ3v) is 4.65. The summed E-state index contributed by atoms with van der Waals surface area (Å²) in [6, 6.07) is 7.96. The summed E-state index contributed by atoms with van der Waals surface area (Å²) in [5.41, 5.74) is 3.84. The molecule has 1 atom stereocenters. The van der Waals surface area contributed by atoms with Crippen molar-refractivity contribution >= 4 is 11.6 Å². The SMILES string of the molecule is CCCC(CC)Oc1nc(CC)c(-c2ccc(OCCCl)cc2)nc1CC. The highest BCUT2D eigenvalue weighted by molar-refractivity contribution is 6.18. The van der Waals surface area contributed by atoms with Crippen molar-refractivity contribution in [1.82, 2.24) is 9.97 Å². The van der Waals surface area contributed by atoms with E-state index >= 15 is 0 Å². The number of ether oxygens (including phenoxy) is 2. The molecule has 0 spiro atoms. The Morgan fingerprint density at radius 2 is 1.67 bits per heavy atom. The number of aromatic nitrogens is 2. The van der Waals surface area contributed by atoms with Crippen molar-refractivity contribution < 1.29 is 9.47 Å². The lowest BCUT2D eigenvalue weighted by Crippen LogP contribution is -2.18. The average molecular weight is 391 g/mol. The lowest BCUT2D eigenvalue weighted by molar-refractivity contribution is 0.175. The second kappa shape index (κ2) is 11.1. The van der Waals surface area contributed by atoms with Crippen molar-refractivity contribution in [1.29, 1.82) is 0 Å². The van der Waals surface area contributed by atoms with Gasteiger partial charge in [0.2, 0.25) is 5.88 Å². The molecular formula is C22H31ClN2O2. The molecule has 0 fully saturated rings. The summed E-state index contributed by atoms with van der Waals surface area (Å²) in [7, 11) is 0. The Hall–Kier alpha value is -1.81. The lowest BCUT2D eigenvalue weighted by Gasteiger charge is -2.19. The molecule has 0 bridgehead atoms. The Morgan fingerprint density at radius 1 is 0.963 bits per heavy atom. The van der Waals surface area contributed by atoms with E-state index in [1.54, 1.807) is 0 Å². The van der Waals surface area contributed by atoms with Crippen LogP contribution in [0, 0.1) is 0 Å². The van der Waals surface area contributed by atoms with E-state index in [4.69, 9.17) is 31.0 Å². The molecule has 0 aliphatic rings. The molecule has 4 nitrogen and oxygen atoms in total. The van der Waals surface area contributed by atoms with E-state index in [0.717, 1.165) is 60.5 Å². The quantitative estimate of drug-likeness (QED) is 0.452. The molecule has 0 aliphatic heterocycles. The maximum absolute atomic E-state index is 6.22. The van der Waals surface area contributed by atoms with Crippen molar-refractivity contribution in [3.05, 3.63) is 35.7 Å². The van der Waals surface area contributed by atoms with E-state index in [9.17, 15) is 0 Å². The van der Waals surface area contributed by atoms with Crippen LogP contribution in [0.1, 0.15) is 58.3 Å². The van der Waals surface area contributed by atoms with Crippen LogP contribution in [0.5, 0.6) is 11.6 Å². The van der Waals surface area contributed by atoms with Gasteiger partial charge in [0.05, 0.1) is 17.3 Å². The lowest BCUT2D eigenvalue weighted by atomic mass is 10.1. The van der Waals surface area contributed by atoms with Crippen LogP contribution in [0.15, 0.2) is 24.3 Å². The zero-order chi connectivity index (χ0) is 19.6. The van der Waals surface area contributed by atoms with Crippen LogP contribution in [-0.2, 0) is 12.8 Å². The first-order chi connectivity index (χ1) is 13.2. The van der Waals surface area contributed by atoms with Crippen LogP contribution in [0.2, 0.25) is 0 Å². The molecule has 0 radical (unpaired) electrons. The van der Waals surface area contributed by atoms with Gasteiger partial charge in [-0.3, -0.25) is 0 Å². The van der Waals surface area contributed by atoms with Crippen LogP contribution in [-0.4, -0.2) is 28.6 Å². The normalized spacial score (nSPS) is 12.0. The second-order valence-electron chi connectivity index (χ2n) is 6.48. The van der Waals surface area contributed by atoms with Gasteiger partial charge in [-0.15, -0.1) is 11.6 Å². The van der Waals surface area contributed by atoms with Gasteiger partial charge >= 0.3 is 0 Å². The fraction of sp³-hybridized carbons (Fsp3) is 0.545. The van der Waals surface area contributed by atoms with Crippen LogP contribution < -0.4 is 9.47 Å². The summed E-state index contributed by atoms with van der Waals surface area (Å²) in [6.07, 6.45) is 4.91. The van der Waals surface area contributed by atoms with Crippen LogP contribution >= 0.6 is 11.6 Å². The first-order valence-electron chi connectivity index (χ1n) is 10.0. The Labute approximate surface area is 168 Å². The molecule has 0 saturated carbocycles. The van der Waals surface area contributed by atoms with Gasteiger partial charge < -0.3 is 9.47 Å². The summed E-state index contributed by atoms with van der Waals surface area (Å²) in [6.45, 7) is 9.03. The molecule has 1 aromatic heterocycles. The average Bonchev–Trinajstić information content (AvgIpc) is 2.71. The van der Waals surface area contributed by atoms with Gasteiger partial charge in [-0.05, 0) is 49.9 Å². The predicted molar refractivity (Wildman–Crippen MR) is 112 cm³/mol. The van der Waals surface area contributed by atoms with Crippen molar-refractivity contribution in [3.8, 4) is 22.9 Å². The number of benzene rings is 1. The van der Waals surface area contributed by atoms with Crippen LogP contribution in [0.3, 0.4) is 0 Å². The number of alkyl halides is 1. The first-order valence-corrected chi connectivity index (χ1v) is 10.6. The van der Waals surface area contributed by atoms with Gasteiger partial charge in [-0.1, -0.05) is 34.1 Å². The fourth-order valence-corrected chi connectivity index (χ4v) is 3.06. The number of halogens is 1. The van der Waals surface area contributed by atoms with Crippen LogP contribution in [0.25, 0.3) is 11.3 Å². The summed E-state index contributed by atoms with van der Waals surface area (Å²) < 4.78 is 11.8. The van der Waals surface area contributed by atoms with E-state index in [2.05, 4.69) is 27.7 Å². The number of aryl methyl sites for hydroxylation is 2. The molecule has 2 rings (SSSR count). The van der Waals surface area contributed by atoms with E-state index in [-0.39, 0.29) is 6.10 Å². The molecule has 5 heteroatoms. The molecule has 148 valence electrons. The zero-order valence-corrected chi connectivity index (χ0v) is 17.7. The number of rotatable bonds is 11. The van der Waals surface area contributed by atoms with Gasteiger partial charge in [0.1, 0.15) is 24.2 Å². The molecular weight excluding hydrogens is 360 g/mol. The molecule has 0 N–H and O–H groups in total. The summed E-state index contributed by atoms with van der Waals surface area (Å²) >= 11 is 5.68. The fourth-order valence-electron chi connectivity index (χ4n) is 2.98. The highest BCUT2D eigenvalue weighted by atomic mass is 35.5. The molecule has 1 aromatic carbocycles. The van der Waals surface area contributed by atoms with Crippen molar-refractivity contribution in [2.75, 3.05) is 12.5 Å². The third-order valence-electron chi connectivity index (χ3n) is 4.49. The smallest absolute Gasteiger partial charge is 0.236 e. The van der Waals surface area contributed by atoms with Gasteiger partial charge in [-0.25, -0.2) is 9.97 Å². The van der Waals surface area contributed by atoms with Gasteiger partial charge in [0.25, 0.3) is 0 Å². The molecule has 2 aromatic rings. The Bertz CT molecular complexity index is 704. The maximum Gasteiger partial charge on any atom is 0.236 e. The predicted octanol–water partition coefficient (Wildman–Crippen LogP) is 5.84. The van der Waals surface area contributed by atoms with Crippen molar-refractivity contribution in [3.63, 3.8) is 0 Å². The molecule has 1 unspecified atom stereocenters. The Morgan fingerprint density at radius 3 is 2.22 bits per heavy atom. The third kappa shape index (κ3) is 5.83. The number of hydrogen-bond donors (Lipinski definition) is 0. The number of hydrogen-bond acceptors (Lipinski definition) is 4. The molecule has 0 aliphatic carbocycles. The minimum atomic E-state index is 0.198. The molecule has 1 heterocycles. The van der Waals surface area contributed by atoms with Gasteiger partial charge in [-0.2, -0.15) is 0 Å². The molecule has 0 saturated heterocycles. The molecule has 0 amide bonds. The second-order valence-corrected chi connectivity index (χ2v) is 6.85. The van der Waals surface area contributed by atoms with Gasteiger partial charge in [0, 0.05) is 5.56 Å². The summed E-state index contributed by atoms with van der Waals surface area (Å²) in [4.78, 5) is 9.77. The summed E-state index contributed by atoms with van der Waals surface area (Å²) in [5, 5.41) is 0. The first kappa shape index (κ1) is 21.5.